The maximum Gasteiger partial charge on any atom is 0.223 e. The van der Waals surface area contributed by atoms with Crippen LogP contribution in [0, 0.1) is 17.2 Å². The van der Waals surface area contributed by atoms with Crippen LogP contribution in [0.25, 0.3) is 0 Å². The van der Waals surface area contributed by atoms with Crippen LogP contribution in [0.1, 0.15) is 64.0 Å². The Balaban J connectivity index is 1.86. The van der Waals surface area contributed by atoms with Gasteiger partial charge >= 0.3 is 0 Å². The van der Waals surface area contributed by atoms with Crippen molar-refractivity contribution >= 4 is 35.0 Å². The van der Waals surface area contributed by atoms with Crippen LogP contribution in [0.5, 0.6) is 0 Å². The molecule has 0 heterocycles. The van der Waals surface area contributed by atoms with Crippen molar-refractivity contribution in [3.63, 3.8) is 0 Å². The molecule has 2 saturated carbocycles. The fourth-order valence-corrected chi connectivity index (χ4v) is 5.27. The molecule has 0 spiro atoms. The molecule has 0 saturated heterocycles. The van der Waals surface area contributed by atoms with Crippen molar-refractivity contribution in [1.29, 1.82) is 0 Å². The summed E-state index contributed by atoms with van der Waals surface area (Å²) in [5.74, 6) is -1.19. The summed E-state index contributed by atoms with van der Waals surface area (Å²) in [6.45, 7) is 3.49. The normalized spacial score (nSPS) is 26.9. The van der Waals surface area contributed by atoms with E-state index in [9.17, 15) is 14.0 Å². The minimum absolute atomic E-state index is 0.143. The molecule has 4 N–H and O–H groups in total. The van der Waals surface area contributed by atoms with Crippen molar-refractivity contribution in [3.8, 4) is 0 Å². The predicted molar refractivity (Wildman–Crippen MR) is 112 cm³/mol. The molecule has 3 rings (SSSR count). The van der Waals surface area contributed by atoms with Gasteiger partial charge in [0.05, 0.1) is 16.1 Å². The number of amides is 2. The lowest BCUT2D eigenvalue weighted by molar-refractivity contribution is -0.127. The zero-order valence-corrected chi connectivity index (χ0v) is 18.2. The van der Waals surface area contributed by atoms with Crippen LogP contribution in [-0.2, 0) is 9.59 Å². The highest BCUT2D eigenvalue weighted by Gasteiger charge is 2.43. The van der Waals surface area contributed by atoms with Crippen LogP contribution in [-0.4, -0.2) is 23.9 Å². The second-order valence-corrected chi connectivity index (χ2v) is 9.48. The highest BCUT2D eigenvalue weighted by molar-refractivity contribution is 6.42. The summed E-state index contributed by atoms with van der Waals surface area (Å²) in [5.41, 5.74) is 6.05. The third-order valence-corrected chi connectivity index (χ3v) is 7.29. The van der Waals surface area contributed by atoms with Gasteiger partial charge < -0.3 is 16.4 Å². The zero-order chi connectivity index (χ0) is 21.3. The van der Waals surface area contributed by atoms with Gasteiger partial charge in [0.1, 0.15) is 5.82 Å². The third-order valence-electron chi connectivity index (χ3n) is 6.47. The van der Waals surface area contributed by atoms with E-state index in [1.807, 2.05) is 0 Å². The van der Waals surface area contributed by atoms with E-state index in [1.165, 1.54) is 19.1 Å². The Kier molecular flexibility index (Phi) is 6.76. The molecule has 2 fully saturated rings. The second-order valence-electron chi connectivity index (χ2n) is 8.70. The lowest BCUT2D eigenvalue weighted by atomic mass is 9.76. The van der Waals surface area contributed by atoms with Crippen molar-refractivity contribution in [1.82, 2.24) is 10.6 Å². The second kappa shape index (κ2) is 8.78. The molecular weight excluding hydrogens is 416 g/mol. The smallest absolute Gasteiger partial charge is 0.223 e. The molecule has 160 valence electrons. The van der Waals surface area contributed by atoms with Crippen molar-refractivity contribution < 1.29 is 14.0 Å². The van der Waals surface area contributed by atoms with Crippen LogP contribution in [0.4, 0.5) is 4.39 Å². The number of hydrogen-bond donors (Lipinski definition) is 3. The number of nitrogens with two attached hydrogens (primary N) is 1. The first-order valence-corrected chi connectivity index (χ1v) is 10.8. The topological polar surface area (TPSA) is 84.2 Å². The Morgan fingerprint density at radius 1 is 1.24 bits per heavy atom. The van der Waals surface area contributed by atoms with E-state index in [2.05, 4.69) is 17.6 Å². The monoisotopic (exact) mass is 443 g/mol. The first-order valence-electron chi connectivity index (χ1n) is 10.1. The zero-order valence-electron chi connectivity index (χ0n) is 16.7. The molecule has 1 aromatic rings. The van der Waals surface area contributed by atoms with E-state index in [-0.39, 0.29) is 50.8 Å². The molecule has 29 heavy (non-hydrogen) atoms. The lowest BCUT2D eigenvalue weighted by Gasteiger charge is -2.36. The van der Waals surface area contributed by atoms with E-state index in [1.54, 1.807) is 0 Å². The molecule has 2 aliphatic carbocycles. The van der Waals surface area contributed by atoms with Crippen molar-refractivity contribution in [2.75, 3.05) is 0 Å². The molecule has 0 bridgehead atoms. The van der Waals surface area contributed by atoms with Gasteiger partial charge in [0.25, 0.3) is 0 Å². The summed E-state index contributed by atoms with van der Waals surface area (Å²) in [7, 11) is 0. The van der Waals surface area contributed by atoms with Gasteiger partial charge in [0, 0.05) is 30.5 Å². The van der Waals surface area contributed by atoms with Crippen LogP contribution in [0.3, 0.4) is 0 Å². The Morgan fingerprint density at radius 3 is 2.52 bits per heavy atom. The van der Waals surface area contributed by atoms with Crippen molar-refractivity contribution in [2.45, 2.75) is 70.5 Å². The molecule has 0 aromatic heterocycles. The van der Waals surface area contributed by atoms with E-state index >= 15 is 0 Å². The molecule has 8 heteroatoms. The van der Waals surface area contributed by atoms with Crippen molar-refractivity contribution in [2.24, 2.45) is 17.1 Å². The molecule has 0 aliphatic heterocycles. The summed E-state index contributed by atoms with van der Waals surface area (Å²) in [6.07, 6.45) is 4.68. The minimum atomic E-state index is -0.584. The molecule has 0 radical (unpaired) electrons. The van der Waals surface area contributed by atoms with Gasteiger partial charge in [-0.3, -0.25) is 9.59 Å². The number of halogens is 3. The van der Waals surface area contributed by atoms with Gasteiger partial charge in [0.15, 0.2) is 0 Å². The van der Waals surface area contributed by atoms with Crippen LogP contribution in [0.2, 0.25) is 10.0 Å². The Morgan fingerprint density at radius 2 is 1.90 bits per heavy atom. The minimum Gasteiger partial charge on any atom is -0.352 e. The summed E-state index contributed by atoms with van der Waals surface area (Å²) in [5, 5.41) is 6.28. The van der Waals surface area contributed by atoms with Gasteiger partial charge in [-0.2, -0.15) is 0 Å². The molecular formula is C21H28Cl2FN3O2. The maximum absolute atomic E-state index is 14.8. The maximum atomic E-state index is 14.8. The number of carbonyl (C=O) groups is 2. The molecule has 4 atom stereocenters. The fraction of sp³-hybridized carbons (Fsp3) is 0.619. The van der Waals surface area contributed by atoms with E-state index < -0.39 is 11.9 Å². The van der Waals surface area contributed by atoms with Gasteiger partial charge in [-0.25, -0.2) is 4.39 Å². The van der Waals surface area contributed by atoms with Gasteiger partial charge in [-0.1, -0.05) is 43.0 Å². The lowest BCUT2D eigenvalue weighted by Crippen LogP contribution is -2.43. The largest absolute Gasteiger partial charge is 0.352 e. The molecule has 2 amide bonds. The highest BCUT2D eigenvalue weighted by atomic mass is 35.5. The van der Waals surface area contributed by atoms with Crippen LogP contribution in [0.15, 0.2) is 12.1 Å². The van der Waals surface area contributed by atoms with Gasteiger partial charge in [-0.15, -0.1) is 0 Å². The number of benzene rings is 1. The summed E-state index contributed by atoms with van der Waals surface area (Å²) >= 11 is 12.6. The van der Waals surface area contributed by atoms with Gasteiger partial charge in [0.2, 0.25) is 11.8 Å². The van der Waals surface area contributed by atoms with Gasteiger partial charge in [-0.05, 0) is 43.2 Å². The number of nitrogens with one attached hydrogen (secondary N) is 2. The number of rotatable bonds is 5. The summed E-state index contributed by atoms with van der Waals surface area (Å²) in [4.78, 5) is 24.5. The SMILES string of the molecule is CC(=O)N[C@H]1C[C@H](C(=O)N[C@H](c2c(F)ccc(Cl)c2Cl)C2(C)CCCC2)C[C@H]1N. The first-order chi connectivity index (χ1) is 13.6. The molecule has 1 aromatic carbocycles. The van der Waals surface area contributed by atoms with E-state index in [0.717, 1.165) is 25.7 Å². The Hall–Kier alpha value is -1.37. The molecule has 5 nitrogen and oxygen atoms in total. The first kappa shape index (κ1) is 22.3. The predicted octanol–water partition coefficient (Wildman–Crippen LogP) is 4.11. The van der Waals surface area contributed by atoms with Crippen molar-refractivity contribution in [3.05, 3.63) is 33.6 Å². The standard InChI is InChI=1S/C21H28Cl2FN3O2/c1-11(28)26-16-10-12(9-15(16)25)20(29)27-19(21(2)7-3-4-8-21)17-14(24)6-5-13(22)18(17)23/h5-6,12,15-16,19H,3-4,7-10,25H2,1-2H3,(H,26,28)(H,27,29)/t12-,15-,16+,19-/m1/s1. The quantitative estimate of drug-likeness (QED) is 0.598. The third kappa shape index (κ3) is 4.70. The number of hydrogen-bond acceptors (Lipinski definition) is 3. The summed E-state index contributed by atoms with van der Waals surface area (Å²) in [6, 6.07) is 1.60. The fourth-order valence-electron chi connectivity index (χ4n) is 4.85. The molecule has 0 unspecified atom stereocenters. The van der Waals surface area contributed by atoms with Crippen LogP contribution < -0.4 is 16.4 Å². The average molecular weight is 444 g/mol. The van der Waals surface area contributed by atoms with E-state index in [4.69, 9.17) is 28.9 Å². The Bertz CT molecular complexity index is 798. The summed E-state index contributed by atoms with van der Waals surface area (Å²) < 4.78 is 14.8. The Labute approximate surface area is 180 Å². The number of carbonyl (C=O) groups excluding carboxylic acids is 2. The highest BCUT2D eigenvalue weighted by Crippen LogP contribution is 2.50. The average Bonchev–Trinajstić information content (AvgIpc) is 3.24. The molecule has 2 aliphatic rings. The van der Waals surface area contributed by atoms with E-state index in [0.29, 0.717) is 12.8 Å². The van der Waals surface area contributed by atoms with Crippen LogP contribution >= 0.6 is 23.2 Å².